The van der Waals surface area contributed by atoms with Crippen molar-refractivity contribution in [1.82, 2.24) is 14.9 Å². The monoisotopic (exact) mass is 383 g/mol. The number of nitrogens with zero attached hydrogens (tertiary/aromatic N) is 2. The normalized spacial score (nSPS) is 18.4. The van der Waals surface area contributed by atoms with Gasteiger partial charge >= 0.3 is 6.18 Å². The first-order valence-corrected chi connectivity index (χ1v) is 8.74. The van der Waals surface area contributed by atoms with E-state index in [9.17, 15) is 13.2 Å². The molecule has 0 radical (unpaired) electrons. The average Bonchev–Trinajstić information content (AvgIpc) is 3.26. The minimum absolute atomic E-state index is 0.178. The fourth-order valence-electron chi connectivity index (χ4n) is 3.52. The van der Waals surface area contributed by atoms with Crippen LogP contribution in [0.5, 0.6) is 17.2 Å². The van der Waals surface area contributed by atoms with Gasteiger partial charge in [-0.2, -0.15) is 13.2 Å². The van der Waals surface area contributed by atoms with Crippen LogP contribution in [-0.4, -0.2) is 30.0 Å². The highest BCUT2D eigenvalue weighted by Gasteiger charge is 2.35. The van der Waals surface area contributed by atoms with Gasteiger partial charge in [-0.15, -0.1) is 0 Å². The molecule has 0 saturated carbocycles. The molecule has 6 nitrogen and oxygen atoms in total. The number of alkyl halides is 3. The molecule has 1 N–H and O–H groups in total. The van der Waals surface area contributed by atoms with Crippen LogP contribution in [0.2, 0.25) is 0 Å². The summed E-state index contributed by atoms with van der Waals surface area (Å²) >= 11 is 0. The highest BCUT2D eigenvalue weighted by atomic mass is 19.4. The predicted molar refractivity (Wildman–Crippen MR) is 89.9 cm³/mol. The lowest BCUT2D eigenvalue weighted by atomic mass is 9.99. The van der Waals surface area contributed by atoms with Crippen molar-refractivity contribution in [2.24, 2.45) is 5.92 Å². The van der Waals surface area contributed by atoms with Crippen LogP contribution >= 0.6 is 0 Å². The first kappa shape index (κ1) is 18.0. The Labute approximate surface area is 154 Å². The van der Waals surface area contributed by atoms with Gasteiger partial charge in [0.05, 0.1) is 7.11 Å². The standard InChI is InChI=1S/C18H20F3N3O3/c1-25-13-4-12(5-14-17(13)27-10-26-14)7-22-6-11-2-3-16-23-15(18(19,20)21)9-24(16)8-11/h4-5,9,11,22H,2-3,6-8,10H2,1H3. The molecule has 0 bridgehead atoms. The number of imidazole rings is 1. The lowest BCUT2D eigenvalue weighted by Gasteiger charge is -2.24. The lowest BCUT2D eigenvalue weighted by Crippen LogP contribution is -2.29. The SMILES string of the molecule is COc1cc(CNCC2CCc3nc(C(F)(F)F)cn3C2)cc2c1OCO2. The fraction of sp³-hybridized carbons (Fsp3) is 0.500. The second-order valence-corrected chi connectivity index (χ2v) is 6.76. The van der Waals surface area contributed by atoms with Gasteiger partial charge < -0.3 is 24.1 Å². The third-order valence-electron chi connectivity index (χ3n) is 4.86. The quantitative estimate of drug-likeness (QED) is 0.860. The van der Waals surface area contributed by atoms with Gasteiger partial charge in [-0.25, -0.2) is 4.98 Å². The lowest BCUT2D eigenvalue weighted by molar-refractivity contribution is -0.141. The molecule has 9 heteroatoms. The van der Waals surface area contributed by atoms with E-state index in [1.165, 1.54) is 0 Å². The summed E-state index contributed by atoms with van der Waals surface area (Å²) in [7, 11) is 1.58. The molecule has 27 heavy (non-hydrogen) atoms. The molecule has 0 aliphatic carbocycles. The molecular weight excluding hydrogens is 363 g/mol. The maximum absolute atomic E-state index is 12.8. The molecule has 0 spiro atoms. The second kappa shape index (κ2) is 6.95. The van der Waals surface area contributed by atoms with Crippen molar-refractivity contribution in [1.29, 1.82) is 0 Å². The largest absolute Gasteiger partial charge is 0.493 e. The van der Waals surface area contributed by atoms with E-state index in [0.29, 0.717) is 49.1 Å². The van der Waals surface area contributed by atoms with Gasteiger partial charge in [0.15, 0.2) is 17.2 Å². The first-order chi connectivity index (χ1) is 12.9. The molecule has 1 aromatic heterocycles. The zero-order chi connectivity index (χ0) is 19.0. The Morgan fingerprint density at radius 1 is 1.33 bits per heavy atom. The van der Waals surface area contributed by atoms with Gasteiger partial charge in [0.1, 0.15) is 5.82 Å². The number of hydrogen-bond acceptors (Lipinski definition) is 5. The van der Waals surface area contributed by atoms with E-state index in [1.54, 1.807) is 11.7 Å². The maximum atomic E-state index is 12.8. The first-order valence-electron chi connectivity index (χ1n) is 8.74. The summed E-state index contributed by atoms with van der Waals surface area (Å²) in [6.45, 7) is 2.03. The molecule has 2 aliphatic rings. The fourth-order valence-corrected chi connectivity index (χ4v) is 3.52. The smallest absolute Gasteiger partial charge is 0.434 e. The number of nitrogens with one attached hydrogen (secondary N) is 1. The maximum Gasteiger partial charge on any atom is 0.434 e. The highest BCUT2D eigenvalue weighted by Crippen LogP contribution is 2.41. The Kier molecular flexibility index (Phi) is 4.63. The molecule has 0 amide bonds. The van der Waals surface area contributed by atoms with Crippen molar-refractivity contribution >= 4 is 0 Å². The van der Waals surface area contributed by atoms with Crippen LogP contribution < -0.4 is 19.5 Å². The van der Waals surface area contributed by atoms with Crippen molar-refractivity contribution in [3.63, 3.8) is 0 Å². The predicted octanol–water partition coefficient (Wildman–Crippen LogP) is 2.99. The van der Waals surface area contributed by atoms with E-state index in [2.05, 4.69) is 10.3 Å². The van der Waals surface area contributed by atoms with Gasteiger partial charge in [0.2, 0.25) is 12.5 Å². The molecular formula is C18H20F3N3O3. The van der Waals surface area contributed by atoms with E-state index in [4.69, 9.17) is 14.2 Å². The summed E-state index contributed by atoms with van der Waals surface area (Å²) in [5, 5.41) is 3.37. The number of aryl methyl sites for hydroxylation is 1. The van der Waals surface area contributed by atoms with Crippen LogP contribution in [0.25, 0.3) is 0 Å². The summed E-state index contributed by atoms with van der Waals surface area (Å²) in [6, 6.07) is 3.80. The molecule has 146 valence electrons. The number of benzene rings is 1. The van der Waals surface area contributed by atoms with E-state index in [-0.39, 0.29) is 12.7 Å². The van der Waals surface area contributed by atoms with Gasteiger partial charge in [-0.1, -0.05) is 0 Å². The summed E-state index contributed by atoms with van der Waals surface area (Å²) < 4.78 is 56.1. The third-order valence-corrected chi connectivity index (χ3v) is 4.86. The Hall–Kier alpha value is -2.42. The Bertz CT molecular complexity index is 835. The number of rotatable bonds is 5. The van der Waals surface area contributed by atoms with Crippen molar-refractivity contribution in [2.45, 2.75) is 32.1 Å². The number of halogens is 3. The summed E-state index contributed by atoms with van der Waals surface area (Å²) in [5.74, 6) is 2.66. The minimum atomic E-state index is -4.39. The Morgan fingerprint density at radius 3 is 2.96 bits per heavy atom. The molecule has 1 atom stereocenters. The molecule has 0 saturated heterocycles. The van der Waals surface area contributed by atoms with Crippen LogP contribution in [0.4, 0.5) is 13.2 Å². The Balaban J connectivity index is 1.35. The summed E-state index contributed by atoms with van der Waals surface area (Å²) in [5.41, 5.74) is 0.188. The number of hydrogen-bond donors (Lipinski definition) is 1. The van der Waals surface area contributed by atoms with Crippen LogP contribution in [-0.2, 0) is 25.7 Å². The van der Waals surface area contributed by atoms with Crippen LogP contribution in [0, 0.1) is 5.92 Å². The average molecular weight is 383 g/mol. The molecule has 1 aromatic carbocycles. The number of fused-ring (bicyclic) bond motifs is 2. The topological polar surface area (TPSA) is 57.5 Å². The zero-order valence-corrected chi connectivity index (χ0v) is 14.8. The number of aromatic nitrogens is 2. The van der Waals surface area contributed by atoms with Crippen LogP contribution in [0.3, 0.4) is 0 Å². The van der Waals surface area contributed by atoms with Crippen LogP contribution in [0.15, 0.2) is 18.3 Å². The van der Waals surface area contributed by atoms with Crippen molar-refractivity contribution in [3.05, 3.63) is 35.4 Å². The minimum Gasteiger partial charge on any atom is -0.493 e. The molecule has 2 aromatic rings. The van der Waals surface area contributed by atoms with Crippen molar-refractivity contribution in [2.75, 3.05) is 20.4 Å². The molecule has 0 fully saturated rings. The van der Waals surface area contributed by atoms with E-state index in [0.717, 1.165) is 18.2 Å². The van der Waals surface area contributed by atoms with Gasteiger partial charge in [-0.3, -0.25) is 0 Å². The zero-order valence-electron chi connectivity index (χ0n) is 14.8. The molecule has 1 unspecified atom stereocenters. The van der Waals surface area contributed by atoms with Crippen molar-refractivity contribution in [3.8, 4) is 17.2 Å². The summed E-state index contributed by atoms with van der Waals surface area (Å²) in [4.78, 5) is 3.71. The molecule has 3 heterocycles. The van der Waals surface area contributed by atoms with E-state index >= 15 is 0 Å². The Morgan fingerprint density at radius 2 is 2.19 bits per heavy atom. The highest BCUT2D eigenvalue weighted by molar-refractivity contribution is 5.55. The summed E-state index contributed by atoms with van der Waals surface area (Å²) in [6.07, 6.45) is -1.91. The van der Waals surface area contributed by atoms with Gasteiger partial charge in [0, 0.05) is 25.7 Å². The number of methoxy groups -OCH3 is 1. The molecule has 2 aliphatic heterocycles. The van der Waals surface area contributed by atoms with E-state index < -0.39 is 11.9 Å². The second-order valence-electron chi connectivity index (χ2n) is 6.76. The number of ether oxygens (including phenoxy) is 3. The van der Waals surface area contributed by atoms with Crippen molar-refractivity contribution < 1.29 is 27.4 Å². The van der Waals surface area contributed by atoms with Crippen LogP contribution in [0.1, 0.15) is 23.5 Å². The van der Waals surface area contributed by atoms with E-state index in [1.807, 2.05) is 12.1 Å². The van der Waals surface area contributed by atoms with Gasteiger partial charge in [0.25, 0.3) is 0 Å². The van der Waals surface area contributed by atoms with Gasteiger partial charge in [-0.05, 0) is 36.6 Å². The molecule has 4 rings (SSSR count). The third kappa shape index (κ3) is 3.69.